The number of amides is 1. The van der Waals surface area contributed by atoms with Crippen LogP contribution >= 0.6 is 0 Å². The van der Waals surface area contributed by atoms with E-state index >= 15 is 0 Å². The summed E-state index contributed by atoms with van der Waals surface area (Å²) in [5, 5.41) is 5.66. The van der Waals surface area contributed by atoms with Crippen molar-refractivity contribution in [3.63, 3.8) is 0 Å². The lowest BCUT2D eigenvalue weighted by Crippen LogP contribution is -2.35. The Labute approximate surface area is 142 Å². The molecule has 24 heavy (non-hydrogen) atoms. The van der Waals surface area contributed by atoms with Crippen LogP contribution in [0, 0.1) is 29.6 Å². The van der Waals surface area contributed by atoms with Gasteiger partial charge < -0.3 is 11.1 Å². The van der Waals surface area contributed by atoms with Gasteiger partial charge in [-0.2, -0.15) is 0 Å². The van der Waals surface area contributed by atoms with Crippen molar-refractivity contribution >= 4 is 16.7 Å². The minimum absolute atomic E-state index is 0.0823. The van der Waals surface area contributed by atoms with Crippen molar-refractivity contribution in [1.82, 2.24) is 5.32 Å². The second-order valence-corrected chi connectivity index (χ2v) is 7.92. The zero-order chi connectivity index (χ0) is 16.3. The quantitative estimate of drug-likeness (QED) is 0.908. The van der Waals surface area contributed by atoms with Crippen molar-refractivity contribution < 1.29 is 4.79 Å². The number of nitrogens with one attached hydrogen (secondary N) is 1. The maximum atomic E-state index is 12.8. The number of hydrogen-bond acceptors (Lipinski definition) is 2. The highest BCUT2D eigenvalue weighted by Crippen LogP contribution is 2.69. The van der Waals surface area contributed by atoms with Gasteiger partial charge in [0.15, 0.2) is 0 Å². The van der Waals surface area contributed by atoms with Crippen molar-refractivity contribution in [3.8, 4) is 0 Å². The maximum Gasteiger partial charge on any atom is 0.224 e. The van der Waals surface area contributed by atoms with Crippen LogP contribution < -0.4 is 11.1 Å². The number of rotatable bonds is 4. The zero-order valence-electron chi connectivity index (χ0n) is 13.8. The van der Waals surface area contributed by atoms with Gasteiger partial charge in [0.2, 0.25) is 5.91 Å². The predicted octanol–water partition coefficient (Wildman–Crippen LogP) is 3.25. The third kappa shape index (κ3) is 2.11. The van der Waals surface area contributed by atoms with E-state index in [9.17, 15) is 4.79 Å². The highest BCUT2D eigenvalue weighted by Gasteiger charge is 2.67. The Balaban J connectivity index is 1.34. The van der Waals surface area contributed by atoms with Crippen LogP contribution in [0.25, 0.3) is 10.8 Å². The van der Waals surface area contributed by atoms with Crippen molar-refractivity contribution in [3.05, 3.63) is 48.0 Å². The molecule has 5 unspecified atom stereocenters. The van der Waals surface area contributed by atoms with Crippen molar-refractivity contribution in [2.24, 2.45) is 35.3 Å². The van der Waals surface area contributed by atoms with Crippen LogP contribution in [-0.2, 0) is 4.79 Å². The Bertz CT molecular complexity index is 785. The smallest absolute Gasteiger partial charge is 0.224 e. The first-order valence-electron chi connectivity index (χ1n) is 9.25. The molecule has 0 radical (unpaired) electrons. The average molecular weight is 320 g/mol. The molecule has 0 heterocycles. The Hall–Kier alpha value is -1.87. The summed E-state index contributed by atoms with van der Waals surface area (Å²) in [4.78, 5) is 12.8. The predicted molar refractivity (Wildman–Crippen MR) is 95.2 cm³/mol. The van der Waals surface area contributed by atoms with Crippen molar-refractivity contribution in [2.75, 3.05) is 6.54 Å². The summed E-state index contributed by atoms with van der Waals surface area (Å²) in [6.07, 6.45) is 4.07. The van der Waals surface area contributed by atoms with E-state index in [1.165, 1.54) is 30.0 Å². The number of fused-ring (bicyclic) bond motifs is 6. The first kappa shape index (κ1) is 14.5. The number of hydrogen-bond donors (Lipinski definition) is 2. The van der Waals surface area contributed by atoms with Crippen molar-refractivity contribution in [2.45, 2.75) is 25.3 Å². The monoisotopic (exact) mass is 320 g/mol. The van der Waals surface area contributed by atoms with Crippen LogP contribution in [0.15, 0.2) is 42.5 Å². The second kappa shape index (κ2) is 5.32. The van der Waals surface area contributed by atoms with Crippen LogP contribution in [0.3, 0.4) is 0 Å². The van der Waals surface area contributed by atoms with Gasteiger partial charge in [-0.05, 0) is 65.3 Å². The first-order chi connectivity index (χ1) is 11.8. The molecule has 3 saturated carbocycles. The molecular weight excluding hydrogens is 296 g/mol. The summed E-state index contributed by atoms with van der Waals surface area (Å²) in [5.74, 6) is 3.52. The highest BCUT2D eigenvalue weighted by atomic mass is 16.2. The molecule has 0 spiro atoms. The average Bonchev–Trinajstić information content (AvgIpc) is 3.07. The topological polar surface area (TPSA) is 55.1 Å². The minimum atomic E-state index is -0.0823. The van der Waals surface area contributed by atoms with E-state index in [-0.39, 0.29) is 17.9 Å². The maximum absolute atomic E-state index is 12.8. The lowest BCUT2D eigenvalue weighted by Gasteiger charge is -2.19. The molecule has 3 N–H and O–H groups in total. The van der Waals surface area contributed by atoms with E-state index in [2.05, 4.69) is 35.6 Å². The lowest BCUT2D eigenvalue weighted by atomic mass is 9.99. The number of carbonyl (C=O) groups is 1. The molecule has 3 fully saturated rings. The summed E-state index contributed by atoms with van der Waals surface area (Å²) in [5.41, 5.74) is 7.10. The minimum Gasteiger partial charge on any atom is -0.348 e. The number of nitrogens with two attached hydrogens (primary N) is 1. The van der Waals surface area contributed by atoms with E-state index in [1.807, 2.05) is 12.1 Å². The fourth-order valence-electron chi connectivity index (χ4n) is 5.65. The van der Waals surface area contributed by atoms with Gasteiger partial charge in [-0.1, -0.05) is 36.4 Å². The number of benzene rings is 2. The fourth-order valence-corrected chi connectivity index (χ4v) is 5.65. The molecular formula is C21H24N2O. The van der Waals surface area contributed by atoms with Gasteiger partial charge in [-0.3, -0.25) is 4.79 Å². The fraction of sp³-hybridized carbons (Fsp3) is 0.476. The van der Waals surface area contributed by atoms with E-state index in [0.717, 1.165) is 17.4 Å². The summed E-state index contributed by atoms with van der Waals surface area (Å²) in [7, 11) is 0. The molecule has 2 aromatic rings. The third-order valence-electron chi connectivity index (χ3n) is 6.77. The Morgan fingerprint density at radius 1 is 1.08 bits per heavy atom. The molecule has 5 rings (SSSR count). The second-order valence-electron chi connectivity index (χ2n) is 7.92. The standard InChI is InChI=1S/C21H24N2O/c22-11-17(14-6-5-12-3-1-2-4-13(12)9-14)23-21(24)20-18-15-7-8-16(10-15)19(18)20/h1-6,9,15-20H,7-8,10-11,22H2,(H,23,24). The van der Waals surface area contributed by atoms with Gasteiger partial charge in [0, 0.05) is 12.5 Å². The van der Waals surface area contributed by atoms with Gasteiger partial charge in [-0.25, -0.2) is 0 Å². The number of carbonyl (C=O) groups excluding carboxylic acids is 1. The summed E-state index contributed by atoms with van der Waals surface area (Å²) in [6.45, 7) is 0.443. The molecule has 0 aliphatic heterocycles. The Kier molecular flexibility index (Phi) is 3.21. The van der Waals surface area contributed by atoms with Crippen LogP contribution in [0.5, 0.6) is 0 Å². The molecule has 3 aliphatic carbocycles. The van der Waals surface area contributed by atoms with Crippen LogP contribution in [0.1, 0.15) is 30.9 Å². The molecule has 0 saturated heterocycles. The van der Waals surface area contributed by atoms with Gasteiger partial charge >= 0.3 is 0 Å². The molecule has 5 atom stereocenters. The zero-order valence-corrected chi connectivity index (χ0v) is 13.8. The Morgan fingerprint density at radius 3 is 2.50 bits per heavy atom. The summed E-state index contributed by atoms with van der Waals surface area (Å²) >= 11 is 0. The lowest BCUT2D eigenvalue weighted by molar-refractivity contribution is -0.124. The van der Waals surface area contributed by atoms with Crippen LogP contribution in [0.2, 0.25) is 0 Å². The van der Waals surface area contributed by atoms with E-state index in [0.29, 0.717) is 18.4 Å². The third-order valence-corrected chi connectivity index (χ3v) is 6.77. The van der Waals surface area contributed by atoms with E-state index in [1.54, 1.807) is 0 Å². The summed E-state index contributed by atoms with van der Waals surface area (Å²) < 4.78 is 0. The Morgan fingerprint density at radius 2 is 1.79 bits per heavy atom. The van der Waals surface area contributed by atoms with Gasteiger partial charge in [0.25, 0.3) is 0 Å². The van der Waals surface area contributed by atoms with E-state index < -0.39 is 0 Å². The SMILES string of the molecule is NCC(NC(=O)C1C2C3CCC(C3)C12)c1ccc2ccccc2c1. The van der Waals surface area contributed by atoms with Gasteiger partial charge in [0.05, 0.1) is 6.04 Å². The molecule has 2 bridgehead atoms. The molecule has 0 aromatic heterocycles. The molecule has 1 amide bonds. The van der Waals surface area contributed by atoms with Crippen molar-refractivity contribution in [1.29, 1.82) is 0 Å². The molecule has 124 valence electrons. The first-order valence-corrected chi connectivity index (χ1v) is 9.25. The summed E-state index contributed by atoms with van der Waals surface area (Å²) in [6, 6.07) is 14.6. The van der Waals surface area contributed by atoms with Crippen LogP contribution in [0.4, 0.5) is 0 Å². The molecule has 2 aromatic carbocycles. The van der Waals surface area contributed by atoms with Gasteiger partial charge in [0.1, 0.15) is 0 Å². The largest absolute Gasteiger partial charge is 0.348 e. The van der Waals surface area contributed by atoms with Crippen LogP contribution in [-0.4, -0.2) is 12.5 Å². The molecule has 3 heteroatoms. The van der Waals surface area contributed by atoms with E-state index in [4.69, 9.17) is 5.73 Å². The molecule has 3 aliphatic rings. The normalized spacial score (nSPS) is 34.1. The highest BCUT2D eigenvalue weighted by molar-refractivity contribution is 5.85. The molecule has 3 nitrogen and oxygen atoms in total. The van der Waals surface area contributed by atoms with Gasteiger partial charge in [-0.15, -0.1) is 0 Å².